The Labute approximate surface area is 144 Å². The molecule has 2 aliphatic rings. The minimum absolute atomic E-state index is 0.0843. The number of fused-ring (bicyclic) bond motifs is 1. The van der Waals surface area contributed by atoms with Crippen molar-refractivity contribution in [1.82, 2.24) is 0 Å². The van der Waals surface area contributed by atoms with Gasteiger partial charge in [-0.1, -0.05) is 42.5 Å². The van der Waals surface area contributed by atoms with Crippen LogP contribution in [0.2, 0.25) is 0 Å². The first-order chi connectivity index (χ1) is 11.8. The van der Waals surface area contributed by atoms with Crippen LogP contribution in [0.15, 0.2) is 54.6 Å². The molecular formula is C21H26NO2+. The largest absolute Gasteiger partial charge is 0.486 e. The van der Waals surface area contributed by atoms with Gasteiger partial charge in [-0.3, -0.25) is 0 Å². The van der Waals surface area contributed by atoms with Gasteiger partial charge in [0.2, 0.25) is 0 Å². The summed E-state index contributed by atoms with van der Waals surface area (Å²) in [6, 6.07) is 19.3. The molecule has 0 radical (unpaired) electrons. The number of benzene rings is 2. The second kappa shape index (κ2) is 6.48. The van der Waals surface area contributed by atoms with Gasteiger partial charge in [0.25, 0.3) is 0 Å². The maximum absolute atomic E-state index is 6.23. The van der Waals surface area contributed by atoms with Crippen molar-refractivity contribution >= 4 is 0 Å². The second-order valence-corrected chi connectivity index (χ2v) is 7.17. The summed E-state index contributed by atoms with van der Waals surface area (Å²) in [5.74, 6) is 1.73. The van der Waals surface area contributed by atoms with Crippen molar-refractivity contribution in [2.24, 2.45) is 0 Å². The Morgan fingerprint density at radius 2 is 1.62 bits per heavy atom. The Hall–Kier alpha value is -2.00. The maximum Gasteiger partial charge on any atom is 0.184 e. The van der Waals surface area contributed by atoms with Crippen LogP contribution in [0.3, 0.4) is 0 Å². The lowest BCUT2D eigenvalue weighted by molar-refractivity contribution is -0.767. The smallest absolute Gasteiger partial charge is 0.184 e. The van der Waals surface area contributed by atoms with E-state index in [4.69, 9.17) is 9.47 Å². The van der Waals surface area contributed by atoms with Crippen molar-refractivity contribution in [2.45, 2.75) is 50.3 Å². The number of quaternary nitrogens is 1. The molecule has 0 unspecified atom stereocenters. The van der Waals surface area contributed by atoms with E-state index in [1.807, 2.05) is 24.3 Å². The van der Waals surface area contributed by atoms with Gasteiger partial charge in [0, 0.05) is 18.4 Å². The van der Waals surface area contributed by atoms with Crippen LogP contribution in [-0.2, 0) is 5.54 Å². The summed E-state index contributed by atoms with van der Waals surface area (Å²) >= 11 is 0. The molecule has 1 heterocycles. The normalized spacial score (nSPS) is 23.0. The van der Waals surface area contributed by atoms with Crippen molar-refractivity contribution < 1.29 is 14.8 Å². The average molecular weight is 324 g/mol. The molecule has 24 heavy (non-hydrogen) atoms. The van der Waals surface area contributed by atoms with Gasteiger partial charge >= 0.3 is 0 Å². The molecule has 4 rings (SSSR count). The average Bonchev–Trinajstić information content (AvgIpc) is 3.12. The van der Waals surface area contributed by atoms with Crippen molar-refractivity contribution in [1.29, 1.82) is 0 Å². The fraction of sp³-hybridized carbons (Fsp3) is 0.429. The van der Waals surface area contributed by atoms with Gasteiger partial charge in [-0.25, -0.2) is 0 Å². The van der Waals surface area contributed by atoms with Crippen LogP contribution in [0.25, 0.3) is 0 Å². The molecule has 0 bridgehead atoms. The molecule has 3 heteroatoms. The molecule has 2 aromatic rings. The van der Waals surface area contributed by atoms with Crippen LogP contribution in [0.4, 0.5) is 0 Å². The molecule has 2 N–H and O–H groups in total. The molecule has 3 nitrogen and oxygen atoms in total. The molecule has 126 valence electrons. The summed E-state index contributed by atoms with van der Waals surface area (Å²) in [7, 11) is 0. The van der Waals surface area contributed by atoms with E-state index in [0.29, 0.717) is 12.6 Å². The number of ether oxygens (including phenoxy) is 2. The first-order valence-corrected chi connectivity index (χ1v) is 9.07. The van der Waals surface area contributed by atoms with Crippen molar-refractivity contribution in [3.8, 4) is 11.5 Å². The molecule has 0 amide bonds. The molecule has 1 aliphatic carbocycles. The molecule has 1 saturated carbocycles. The molecule has 2 aromatic carbocycles. The number of nitrogens with two attached hydrogens (primary N) is 1. The predicted molar refractivity (Wildman–Crippen MR) is 94.3 cm³/mol. The molecule has 1 aliphatic heterocycles. The zero-order valence-corrected chi connectivity index (χ0v) is 14.3. The van der Waals surface area contributed by atoms with Crippen molar-refractivity contribution in [3.63, 3.8) is 0 Å². The van der Waals surface area contributed by atoms with Gasteiger partial charge in [-0.15, -0.1) is 0 Å². The van der Waals surface area contributed by atoms with E-state index in [1.165, 1.54) is 31.2 Å². The SMILES string of the molecule is C[C@@H]([NH2+]C1(c2ccccc2)CCCC1)[C@@H]1COc2ccccc2O1. The van der Waals surface area contributed by atoms with Crippen molar-refractivity contribution in [2.75, 3.05) is 6.61 Å². The minimum atomic E-state index is 0.0843. The van der Waals surface area contributed by atoms with Crippen LogP contribution in [0.5, 0.6) is 11.5 Å². The highest BCUT2D eigenvalue weighted by molar-refractivity contribution is 5.40. The Morgan fingerprint density at radius 3 is 2.38 bits per heavy atom. The zero-order valence-electron chi connectivity index (χ0n) is 14.3. The van der Waals surface area contributed by atoms with E-state index in [1.54, 1.807) is 0 Å². The fourth-order valence-electron chi connectivity index (χ4n) is 4.23. The zero-order chi connectivity index (χ0) is 16.4. The number of hydrogen-bond acceptors (Lipinski definition) is 2. The van der Waals surface area contributed by atoms with Gasteiger partial charge in [-0.2, -0.15) is 0 Å². The summed E-state index contributed by atoms with van der Waals surface area (Å²) in [6.45, 7) is 2.89. The Morgan fingerprint density at radius 1 is 0.958 bits per heavy atom. The molecule has 0 saturated heterocycles. The van der Waals surface area contributed by atoms with Crippen LogP contribution in [0.1, 0.15) is 38.2 Å². The van der Waals surface area contributed by atoms with E-state index in [9.17, 15) is 0 Å². The highest BCUT2D eigenvalue weighted by Crippen LogP contribution is 2.36. The van der Waals surface area contributed by atoms with Gasteiger partial charge in [0.15, 0.2) is 17.6 Å². The van der Waals surface area contributed by atoms with Gasteiger partial charge in [-0.05, 0) is 31.9 Å². The third kappa shape index (κ3) is 2.89. The first kappa shape index (κ1) is 15.5. The number of para-hydroxylation sites is 2. The van der Waals surface area contributed by atoms with E-state index >= 15 is 0 Å². The van der Waals surface area contributed by atoms with Gasteiger partial charge in [0.1, 0.15) is 18.2 Å². The predicted octanol–water partition coefficient (Wildman–Crippen LogP) is 3.25. The van der Waals surface area contributed by atoms with Gasteiger partial charge < -0.3 is 14.8 Å². The Balaban J connectivity index is 1.51. The Bertz CT molecular complexity index is 679. The van der Waals surface area contributed by atoms with Crippen LogP contribution in [-0.4, -0.2) is 18.8 Å². The molecule has 0 aromatic heterocycles. The van der Waals surface area contributed by atoms with E-state index in [-0.39, 0.29) is 11.6 Å². The lowest BCUT2D eigenvalue weighted by atomic mass is 9.87. The highest BCUT2D eigenvalue weighted by atomic mass is 16.6. The van der Waals surface area contributed by atoms with E-state index in [2.05, 4.69) is 42.6 Å². The summed E-state index contributed by atoms with van der Waals surface area (Å²) in [6.07, 6.45) is 5.18. The third-order valence-electron chi connectivity index (χ3n) is 5.54. The lowest BCUT2D eigenvalue weighted by Gasteiger charge is -2.35. The highest BCUT2D eigenvalue weighted by Gasteiger charge is 2.42. The van der Waals surface area contributed by atoms with Crippen molar-refractivity contribution in [3.05, 3.63) is 60.2 Å². The van der Waals surface area contributed by atoms with E-state index < -0.39 is 0 Å². The first-order valence-electron chi connectivity index (χ1n) is 9.07. The quantitative estimate of drug-likeness (QED) is 0.937. The summed E-state index contributed by atoms with van der Waals surface area (Å²) in [5.41, 5.74) is 1.65. The summed E-state index contributed by atoms with van der Waals surface area (Å²) in [4.78, 5) is 0. The molecule has 2 atom stereocenters. The molecule has 0 spiro atoms. The minimum Gasteiger partial charge on any atom is -0.486 e. The molecule has 1 fully saturated rings. The molecular weight excluding hydrogens is 298 g/mol. The van der Waals surface area contributed by atoms with Crippen LogP contribution >= 0.6 is 0 Å². The third-order valence-corrected chi connectivity index (χ3v) is 5.54. The topological polar surface area (TPSA) is 35.1 Å². The number of hydrogen-bond donors (Lipinski definition) is 1. The lowest BCUT2D eigenvalue weighted by Crippen LogP contribution is -3.00. The second-order valence-electron chi connectivity index (χ2n) is 7.17. The maximum atomic E-state index is 6.23. The van der Waals surface area contributed by atoms with E-state index in [0.717, 1.165) is 11.5 Å². The van der Waals surface area contributed by atoms with Gasteiger partial charge in [0.05, 0.1) is 0 Å². The van der Waals surface area contributed by atoms with Crippen LogP contribution < -0.4 is 14.8 Å². The summed E-state index contributed by atoms with van der Waals surface area (Å²) in [5, 5.41) is 2.54. The fourth-order valence-corrected chi connectivity index (χ4v) is 4.23. The monoisotopic (exact) mass is 324 g/mol. The number of rotatable bonds is 4. The standard InChI is InChI=1S/C21H25NO2/c1-16(20-15-23-18-11-5-6-12-19(18)24-20)22-21(13-7-8-14-21)17-9-3-2-4-10-17/h2-6,9-12,16,20,22H,7-8,13-15H2,1H3/p+1/t16-,20+/m1/s1. The Kier molecular flexibility index (Phi) is 4.19. The van der Waals surface area contributed by atoms with Crippen LogP contribution in [0, 0.1) is 0 Å². The summed E-state index contributed by atoms with van der Waals surface area (Å²) < 4.78 is 12.1.